The second kappa shape index (κ2) is 11.7. The Morgan fingerprint density at radius 2 is 1.95 bits per heavy atom. The highest BCUT2D eigenvalue weighted by Gasteiger charge is 2.01. The van der Waals surface area contributed by atoms with Crippen LogP contribution in [0.5, 0.6) is 5.75 Å². The molecular weight excluding hydrogens is 373 g/mol. The number of nitrogens with two attached hydrogens (primary N) is 1. The monoisotopic (exact) mass is 395 g/mol. The van der Waals surface area contributed by atoms with Gasteiger partial charge in [0.15, 0.2) is 5.96 Å². The van der Waals surface area contributed by atoms with Crippen molar-refractivity contribution in [3.8, 4) is 5.75 Å². The lowest BCUT2D eigenvalue weighted by molar-refractivity contribution is 0.0748. The molecule has 3 N–H and O–H groups in total. The normalized spacial score (nSPS) is 10.8. The van der Waals surface area contributed by atoms with E-state index in [2.05, 4.69) is 10.3 Å². The van der Waals surface area contributed by atoms with Gasteiger partial charge in [0, 0.05) is 7.11 Å². The predicted molar refractivity (Wildman–Crippen MR) is 91.2 cm³/mol. The highest BCUT2D eigenvalue weighted by molar-refractivity contribution is 14.0. The Hall–Kier alpha value is -1.06. The lowest BCUT2D eigenvalue weighted by atomic mass is 10.3. The summed E-state index contributed by atoms with van der Waals surface area (Å²) in [5.74, 6) is 1.05. The van der Waals surface area contributed by atoms with Gasteiger partial charge in [0.2, 0.25) is 0 Å². The Kier molecular flexibility index (Phi) is 11.1. The Morgan fingerprint density at radius 1 is 1.20 bits per heavy atom. The van der Waals surface area contributed by atoms with Crippen LogP contribution in [0.15, 0.2) is 29.3 Å². The van der Waals surface area contributed by atoms with Crippen molar-refractivity contribution in [1.82, 2.24) is 0 Å². The molecular formula is C13H22IN3O3. The number of nitrogens with zero attached hydrogens (tertiary/aromatic N) is 1. The van der Waals surface area contributed by atoms with E-state index in [0.717, 1.165) is 11.4 Å². The zero-order chi connectivity index (χ0) is 13.9. The lowest BCUT2D eigenvalue weighted by Gasteiger charge is -2.10. The number of aliphatic imine (C=N–C) groups is 1. The fraction of sp³-hybridized carbons (Fsp3) is 0.462. The van der Waals surface area contributed by atoms with E-state index < -0.39 is 0 Å². The van der Waals surface area contributed by atoms with Crippen molar-refractivity contribution >= 4 is 35.6 Å². The van der Waals surface area contributed by atoms with Crippen molar-refractivity contribution < 1.29 is 14.2 Å². The molecule has 0 spiro atoms. The highest BCUT2D eigenvalue weighted by atomic mass is 127. The summed E-state index contributed by atoms with van der Waals surface area (Å²) in [6, 6.07) is 7.51. The number of rotatable bonds is 8. The standard InChI is InChI=1S/C13H21N3O3.HI/c1-17-9-10-19-8-7-15-13(14)16-11-5-3-4-6-12(11)18-2;/h3-6H,7-10H2,1-2H3,(H3,14,15,16);1H. The number of nitrogens with one attached hydrogen (secondary N) is 1. The highest BCUT2D eigenvalue weighted by Crippen LogP contribution is 2.22. The summed E-state index contributed by atoms with van der Waals surface area (Å²) >= 11 is 0. The van der Waals surface area contributed by atoms with Crippen molar-refractivity contribution in [2.75, 3.05) is 45.9 Å². The number of guanidine groups is 1. The minimum absolute atomic E-state index is 0. The molecule has 1 aromatic carbocycles. The number of anilines is 1. The van der Waals surface area contributed by atoms with Gasteiger partial charge in [0.25, 0.3) is 0 Å². The SMILES string of the molecule is COCCOCCN=C(N)Nc1ccccc1OC.I. The zero-order valence-electron chi connectivity index (χ0n) is 11.8. The van der Waals surface area contributed by atoms with Crippen LogP contribution in [0.3, 0.4) is 0 Å². The van der Waals surface area contributed by atoms with Gasteiger partial charge >= 0.3 is 0 Å². The van der Waals surface area contributed by atoms with Crippen LogP contribution in [-0.4, -0.2) is 46.5 Å². The maximum atomic E-state index is 5.77. The molecule has 0 atom stereocenters. The van der Waals surface area contributed by atoms with Gasteiger partial charge < -0.3 is 25.3 Å². The minimum Gasteiger partial charge on any atom is -0.495 e. The van der Waals surface area contributed by atoms with Crippen molar-refractivity contribution in [3.05, 3.63) is 24.3 Å². The van der Waals surface area contributed by atoms with Crippen molar-refractivity contribution in [2.24, 2.45) is 10.7 Å². The summed E-state index contributed by atoms with van der Waals surface area (Å²) in [5, 5.41) is 2.99. The van der Waals surface area contributed by atoms with Gasteiger partial charge in [0.1, 0.15) is 5.75 Å². The first-order chi connectivity index (χ1) is 9.27. The van der Waals surface area contributed by atoms with E-state index in [-0.39, 0.29) is 24.0 Å². The molecule has 1 rings (SSSR count). The first-order valence-corrected chi connectivity index (χ1v) is 6.04. The second-order valence-electron chi connectivity index (χ2n) is 3.70. The van der Waals surface area contributed by atoms with E-state index in [1.54, 1.807) is 14.2 Å². The first kappa shape index (κ1) is 18.9. The minimum atomic E-state index is 0. The van der Waals surface area contributed by atoms with Gasteiger partial charge in [-0.3, -0.25) is 4.99 Å². The molecule has 0 bridgehead atoms. The summed E-state index contributed by atoms with van der Waals surface area (Å²) in [6.45, 7) is 2.15. The maximum absolute atomic E-state index is 5.77. The number of halogens is 1. The van der Waals surface area contributed by atoms with Crippen molar-refractivity contribution in [1.29, 1.82) is 0 Å². The van der Waals surface area contributed by atoms with Crippen molar-refractivity contribution in [3.63, 3.8) is 0 Å². The number of hydrogen-bond acceptors (Lipinski definition) is 4. The molecule has 0 amide bonds. The van der Waals surface area contributed by atoms with Crippen LogP contribution in [0.1, 0.15) is 0 Å². The largest absolute Gasteiger partial charge is 0.495 e. The average Bonchev–Trinajstić information content (AvgIpc) is 2.43. The lowest BCUT2D eigenvalue weighted by Crippen LogP contribution is -2.23. The fourth-order valence-electron chi connectivity index (χ4n) is 1.40. The molecule has 0 aliphatic rings. The van der Waals surface area contributed by atoms with Crippen LogP contribution in [0.4, 0.5) is 5.69 Å². The molecule has 0 heterocycles. The number of benzene rings is 1. The number of ether oxygens (including phenoxy) is 3. The van der Waals surface area contributed by atoms with Gasteiger partial charge in [-0.2, -0.15) is 0 Å². The molecule has 0 aliphatic heterocycles. The molecule has 0 aliphatic carbocycles. The Labute approximate surface area is 136 Å². The average molecular weight is 395 g/mol. The third kappa shape index (κ3) is 7.51. The molecule has 0 aromatic heterocycles. The number of hydrogen-bond donors (Lipinski definition) is 2. The smallest absolute Gasteiger partial charge is 0.193 e. The molecule has 0 saturated carbocycles. The van der Waals surface area contributed by atoms with Gasteiger partial charge in [-0.25, -0.2) is 0 Å². The Balaban J connectivity index is 0.00000361. The zero-order valence-corrected chi connectivity index (χ0v) is 14.1. The van der Waals surface area contributed by atoms with Crippen molar-refractivity contribution in [2.45, 2.75) is 0 Å². The van der Waals surface area contributed by atoms with E-state index in [0.29, 0.717) is 32.3 Å². The summed E-state index contributed by atoms with van der Waals surface area (Å²) in [5.41, 5.74) is 6.56. The first-order valence-electron chi connectivity index (χ1n) is 6.04. The van der Waals surface area contributed by atoms with E-state index in [9.17, 15) is 0 Å². The summed E-state index contributed by atoms with van der Waals surface area (Å²) in [7, 11) is 3.24. The molecule has 0 radical (unpaired) electrons. The molecule has 114 valence electrons. The van der Waals surface area contributed by atoms with E-state index in [1.165, 1.54) is 0 Å². The quantitative estimate of drug-likeness (QED) is 0.303. The van der Waals surface area contributed by atoms with Gasteiger partial charge in [-0.05, 0) is 12.1 Å². The Morgan fingerprint density at radius 3 is 2.65 bits per heavy atom. The number of methoxy groups -OCH3 is 2. The third-order valence-corrected chi connectivity index (χ3v) is 2.32. The van der Waals surface area contributed by atoms with Crippen LogP contribution >= 0.6 is 24.0 Å². The van der Waals surface area contributed by atoms with Crippen LogP contribution in [0.2, 0.25) is 0 Å². The molecule has 20 heavy (non-hydrogen) atoms. The second-order valence-corrected chi connectivity index (χ2v) is 3.70. The van der Waals surface area contributed by atoms with Crippen LogP contribution in [-0.2, 0) is 9.47 Å². The van der Waals surface area contributed by atoms with E-state index in [4.69, 9.17) is 19.9 Å². The van der Waals surface area contributed by atoms with Gasteiger partial charge in [-0.1, -0.05) is 12.1 Å². The predicted octanol–water partition coefficient (Wildman–Crippen LogP) is 1.70. The summed E-state index contributed by atoms with van der Waals surface area (Å²) in [4.78, 5) is 4.15. The molecule has 7 heteroatoms. The van der Waals surface area contributed by atoms with E-state index >= 15 is 0 Å². The maximum Gasteiger partial charge on any atom is 0.193 e. The van der Waals surface area contributed by atoms with Crippen LogP contribution in [0, 0.1) is 0 Å². The summed E-state index contributed by atoms with van der Waals surface area (Å²) < 4.78 is 15.3. The van der Waals surface area contributed by atoms with Crippen LogP contribution < -0.4 is 15.8 Å². The van der Waals surface area contributed by atoms with E-state index in [1.807, 2.05) is 24.3 Å². The summed E-state index contributed by atoms with van der Waals surface area (Å²) in [6.07, 6.45) is 0. The topological polar surface area (TPSA) is 78.1 Å². The fourth-order valence-corrected chi connectivity index (χ4v) is 1.40. The number of para-hydroxylation sites is 2. The molecule has 1 aromatic rings. The molecule has 6 nitrogen and oxygen atoms in total. The third-order valence-electron chi connectivity index (χ3n) is 2.32. The Bertz CT molecular complexity index is 402. The molecule has 0 saturated heterocycles. The van der Waals surface area contributed by atoms with Crippen LogP contribution in [0.25, 0.3) is 0 Å². The molecule has 0 fully saturated rings. The molecule has 0 unspecified atom stereocenters. The van der Waals surface area contributed by atoms with Gasteiger partial charge in [0.05, 0.1) is 39.2 Å². The van der Waals surface area contributed by atoms with Gasteiger partial charge in [-0.15, -0.1) is 24.0 Å².